The van der Waals surface area contributed by atoms with Crippen molar-refractivity contribution in [3.63, 3.8) is 0 Å². The summed E-state index contributed by atoms with van der Waals surface area (Å²) in [7, 11) is 0. The molecule has 1 aromatic heterocycles. The number of Topliss-reactive ketones (excluding diaryl/α,β-unsaturated/α-hetero) is 1. The van der Waals surface area contributed by atoms with Crippen molar-refractivity contribution in [2.75, 3.05) is 6.61 Å². The Hall–Kier alpha value is -3.58. The van der Waals surface area contributed by atoms with Crippen molar-refractivity contribution in [2.45, 2.75) is 19.8 Å². The van der Waals surface area contributed by atoms with Crippen LogP contribution in [0.3, 0.4) is 0 Å². The zero-order valence-electron chi connectivity index (χ0n) is 16.6. The van der Waals surface area contributed by atoms with E-state index in [0.29, 0.717) is 35.9 Å². The molecular formula is C23H18ClNO6. The molecule has 31 heavy (non-hydrogen) atoms. The highest BCUT2D eigenvalue weighted by atomic mass is 35.5. The Morgan fingerprint density at radius 3 is 2.81 bits per heavy atom. The molecule has 0 unspecified atom stereocenters. The van der Waals surface area contributed by atoms with Gasteiger partial charge < -0.3 is 18.7 Å². The number of hydrogen-bond acceptors (Lipinski definition) is 7. The highest BCUT2D eigenvalue weighted by Crippen LogP contribution is 2.35. The largest absolute Gasteiger partial charge is 0.493 e. The quantitative estimate of drug-likeness (QED) is 0.294. The fraction of sp³-hybridized carbons (Fsp3) is 0.174. The summed E-state index contributed by atoms with van der Waals surface area (Å²) in [6.07, 6.45) is 2.04. The van der Waals surface area contributed by atoms with Crippen LogP contribution in [-0.2, 0) is 11.2 Å². The standard InChI is InChI=1S/C23H18ClNO6/c1-2-28-18-6-4-3-5-14(18)11-20-23(27)17-9-7-15(12-19(17)30-20)29-22(26)10-8-16-13-21(24)25-31-16/h3-7,9,11-13H,2,8,10H2,1H3/b20-11-. The first-order valence-electron chi connectivity index (χ1n) is 9.65. The van der Waals surface area contributed by atoms with E-state index in [1.54, 1.807) is 24.3 Å². The van der Waals surface area contributed by atoms with Gasteiger partial charge in [0.15, 0.2) is 10.9 Å². The van der Waals surface area contributed by atoms with Gasteiger partial charge in [-0.15, -0.1) is 0 Å². The minimum absolute atomic E-state index is 0.0851. The Balaban J connectivity index is 1.45. The van der Waals surface area contributed by atoms with Crippen molar-refractivity contribution < 1.29 is 28.3 Å². The molecule has 1 aliphatic heterocycles. The minimum Gasteiger partial charge on any atom is -0.493 e. The molecule has 0 saturated carbocycles. The molecule has 0 N–H and O–H groups in total. The zero-order valence-corrected chi connectivity index (χ0v) is 17.3. The molecule has 0 bridgehead atoms. The van der Waals surface area contributed by atoms with Crippen LogP contribution in [0.2, 0.25) is 5.15 Å². The normalized spacial score (nSPS) is 13.7. The highest BCUT2D eigenvalue weighted by Gasteiger charge is 2.28. The minimum atomic E-state index is -0.460. The smallest absolute Gasteiger partial charge is 0.311 e. The Labute approximate surface area is 183 Å². The number of rotatable bonds is 7. The number of nitrogens with zero attached hydrogens (tertiary/aromatic N) is 1. The summed E-state index contributed by atoms with van der Waals surface area (Å²) in [5, 5.41) is 3.79. The summed E-state index contributed by atoms with van der Waals surface area (Å²) in [5.74, 6) is 1.23. The Morgan fingerprint density at radius 1 is 1.19 bits per heavy atom. The second-order valence-corrected chi connectivity index (χ2v) is 7.05. The summed E-state index contributed by atoms with van der Waals surface area (Å²) in [5.41, 5.74) is 1.14. The molecule has 0 aliphatic carbocycles. The van der Waals surface area contributed by atoms with Gasteiger partial charge in [0, 0.05) is 24.1 Å². The summed E-state index contributed by atoms with van der Waals surface area (Å²) < 4.78 is 21.6. The molecule has 3 aromatic rings. The molecule has 4 rings (SSSR count). The number of ketones is 1. The highest BCUT2D eigenvalue weighted by molar-refractivity contribution is 6.29. The number of benzene rings is 2. The van der Waals surface area contributed by atoms with Gasteiger partial charge in [0.2, 0.25) is 5.78 Å². The van der Waals surface area contributed by atoms with Crippen molar-refractivity contribution in [2.24, 2.45) is 0 Å². The molecule has 2 heterocycles. The lowest BCUT2D eigenvalue weighted by Gasteiger charge is -2.07. The monoisotopic (exact) mass is 439 g/mol. The van der Waals surface area contributed by atoms with E-state index >= 15 is 0 Å². The van der Waals surface area contributed by atoms with Crippen molar-refractivity contribution >= 4 is 29.4 Å². The molecule has 0 atom stereocenters. The Bertz CT molecular complexity index is 1170. The average molecular weight is 440 g/mol. The predicted octanol–water partition coefficient (Wildman–Crippen LogP) is 4.88. The molecule has 2 aromatic carbocycles. The SMILES string of the molecule is CCOc1ccccc1/C=C1\Oc2cc(OC(=O)CCc3cc(Cl)no3)ccc2C1=O. The van der Waals surface area contributed by atoms with Gasteiger partial charge in [-0.1, -0.05) is 35.0 Å². The van der Waals surface area contributed by atoms with E-state index in [2.05, 4.69) is 5.16 Å². The number of aromatic nitrogens is 1. The molecule has 7 nitrogen and oxygen atoms in total. The third-order valence-corrected chi connectivity index (χ3v) is 4.66. The van der Waals surface area contributed by atoms with Gasteiger partial charge in [-0.3, -0.25) is 9.59 Å². The van der Waals surface area contributed by atoms with Crippen LogP contribution < -0.4 is 14.2 Å². The topological polar surface area (TPSA) is 87.9 Å². The van der Waals surface area contributed by atoms with E-state index in [-0.39, 0.29) is 28.9 Å². The zero-order chi connectivity index (χ0) is 21.8. The second kappa shape index (κ2) is 9.06. The van der Waals surface area contributed by atoms with Crippen LogP contribution in [0.5, 0.6) is 17.2 Å². The maximum atomic E-state index is 12.7. The lowest BCUT2D eigenvalue weighted by Crippen LogP contribution is -2.08. The van der Waals surface area contributed by atoms with E-state index in [4.69, 9.17) is 30.3 Å². The molecule has 0 fully saturated rings. The Kier molecular flexibility index (Phi) is 6.04. The van der Waals surface area contributed by atoms with E-state index in [1.165, 1.54) is 6.07 Å². The molecule has 0 spiro atoms. The fourth-order valence-electron chi connectivity index (χ4n) is 3.07. The van der Waals surface area contributed by atoms with E-state index < -0.39 is 5.97 Å². The fourth-order valence-corrected chi connectivity index (χ4v) is 3.23. The maximum Gasteiger partial charge on any atom is 0.311 e. The maximum absolute atomic E-state index is 12.7. The molecule has 0 saturated heterocycles. The summed E-state index contributed by atoms with van der Waals surface area (Å²) in [6.45, 7) is 2.40. The van der Waals surface area contributed by atoms with Crippen LogP contribution in [0.1, 0.15) is 35.0 Å². The van der Waals surface area contributed by atoms with Gasteiger partial charge in [-0.05, 0) is 31.2 Å². The number of halogens is 1. The lowest BCUT2D eigenvalue weighted by atomic mass is 10.1. The van der Waals surface area contributed by atoms with Gasteiger partial charge in [-0.2, -0.15) is 0 Å². The number of ether oxygens (including phenoxy) is 3. The number of para-hydroxylation sites is 1. The third kappa shape index (κ3) is 4.78. The van der Waals surface area contributed by atoms with Crippen LogP contribution in [0.25, 0.3) is 6.08 Å². The average Bonchev–Trinajstić information content (AvgIpc) is 3.31. The number of aryl methyl sites for hydroxylation is 1. The molecule has 8 heteroatoms. The van der Waals surface area contributed by atoms with Crippen LogP contribution in [-0.4, -0.2) is 23.5 Å². The second-order valence-electron chi connectivity index (χ2n) is 6.66. The van der Waals surface area contributed by atoms with Crippen molar-refractivity contribution in [1.82, 2.24) is 5.16 Å². The summed E-state index contributed by atoms with van der Waals surface area (Å²) in [4.78, 5) is 24.8. The van der Waals surface area contributed by atoms with Crippen LogP contribution in [0, 0.1) is 0 Å². The molecule has 0 radical (unpaired) electrons. The number of hydrogen-bond donors (Lipinski definition) is 0. The predicted molar refractivity (Wildman–Crippen MR) is 112 cm³/mol. The van der Waals surface area contributed by atoms with Crippen molar-refractivity contribution in [3.05, 3.63) is 76.3 Å². The van der Waals surface area contributed by atoms with E-state index in [0.717, 1.165) is 5.56 Å². The Morgan fingerprint density at radius 2 is 2.03 bits per heavy atom. The van der Waals surface area contributed by atoms with Gasteiger partial charge >= 0.3 is 5.97 Å². The first kappa shape index (κ1) is 20.7. The first-order chi connectivity index (χ1) is 15.0. The number of allylic oxidation sites excluding steroid dienone is 1. The lowest BCUT2D eigenvalue weighted by molar-refractivity contribution is -0.134. The van der Waals surface area contributed by atoms with E-state index in [9.17, 15) is 9.59 Å². The molecule has 0 amide bonds. The molecule has 1 aliphatic rings. The van der Waals surface area contributed by atoms with E-state index in [1.807, 2.05) is 31.2 Å². The van der Waals surface area contributed by atoms with Crippen LogP contribution in [0.4, 0.5) is 0 Å². The number of carbonyl (C=O) groups is 2. The van der Waals surface area contributed by atoms with Crippen LogP contribution >= 0.6 is 11.6 Å². The van der Waals surface area contributed by atoms with Crippen molar-refractivity contribution in [3.8, 4) is 17.2 Å². The summed E-state index contributed by atoms with van der Waals surface area (Å²) in [6, 6.07) is 13.6. The van der Waals surface area contributed by atoms with Crippen molar-refractivity contribution in [1.29, 1.82) is 0 Å². The van der Waals surface area contributed by atoms with Gasteiger partial charge in [0.05, 0.1) is 18.6 Å². The van der Waals surface area contributed by atoms with Gasteiger partial charge in [-0.25, -0.2) is 0 Å². The molecular weight excluding hydrogens is 422 g/mol. The first-order valence-corrected chi connectivity index (χ1v) is 10.0. The summed E-state index contributed by atoms with van der Waals surface area (Å²) >= 11 is 5.68. The number of esters is 1. The number of carbonyl (C=O) groups excluding carboxylic acids is 2. The number of fused-ring (bicyclic) bond motifs is 1. The third-order valence-electron chi connectivity index (χ3n) is 4.48. The van der Waals surface area contributed by atoms with Gasteiger partial charge in [0.25, 0.3) is 0 Å². The van der Waals surface area contributed by atoms with Crippen LogP contribution in [0.15, 0.2) is 58.8 Å². The molecule has 158 valence electrons. The van der Waals surface area contributed by atoms with Gasteiger partial charge in [0.1, 0.15) is 23.0 Å².